The van der Waals surface area contributed by atoms with Gasteiger partial charge in [-0.05, 0) is 80.6 Å². The Balaban J connectivity index is 1.36. The van der Waals surface area contributed by atoms with E-state index in [4.69, 9.17) is 5.73 Å². The first-order chi connectivity index (χ1) is 15.3. The normalized spacial score (nSPS) is 17.6. The third-order valence-electron chi connectivity index (χ3n) is 7.22. The number of nitrogens with zero attached hydrogens (tertiary/aromatic N) is 1. The van der Waals surface area contributed by atoms with Crippen LogP contribution >= 0.6 is 0 Å². The molecule has 2 aliphatic rings. The fraction of sp³-hybridized carbons (Fsp3) is 0.407. The summed E-state index contributed by atoms with van der Waals surface area (Å²) >= 11 is 0. The molecule has 0 atom stereocenters. The largest absolute Gasteiger partial charge is 0.399 e. The second kappa shape index (κ2) is 9.07. The summed E-state index contributed by atoms with van der Waals surface area (Å²) in [7, 11) is 0. The van der Waals surface area contributed by atoms with Crippen LogP contribution in [0.1, 0.15) is 60.4 Å². The van der Waals surface area contributed by atoms with E-state index in [-0.39, 0.29) is 16.7 Å². The molecule has 0 aromatic heterocycles. The van der Waals surface area contributed by atoms with Crippen molar-refractivity contribution in [2.75, 3.05) is 25.0 Å². The average molecular weight is 438 g/mol. The quantitative estimate of drug-likeness (QED) is 0.556. The van der Waals surface area contributed by atoms with Crippen LogP contribution in [0.4, 0.5) is 14.5 Å². The highest BCUT2D eigenvalue weighted by Crippen LogP contribution is 2.49. The molecule has 170 valence electrons. The average Bonchev–Trinajstić information content (AvgIpc) is 3.05. The van der Waals surface area contributed by atoms with E-state index in [1.165, 1.54) is 16.8 Å². The highest BCUT2D eigenvalue weighted by molar-refractivity contribution is 5.69. The molecule has 0 bridgehead atoms. The van der Waals surface area contributed by atoms with Gasteiger partial charge in [-0.1, -0.05) is 44.3 Å². The van der Waals surface area contributed by atoms with Crippen molar-refractivity contribution in [1.82, 2.24) is 4.90 Å². The van der Waals surface area contributed by atoms with Gasteiger partial charge in [0.2, 0.25) is 0 Å². The van der Waals surface area contributed by atoms with E-state index in [0.29, 0.717) is 5.56 Å². The lowest BCUT2D eigenvalue weighted by atomic mass is 9.72. The van der Waals surface area contributed by atoms with E-state index >= 15 is 0 Å². The van der Waals surface area contributed by atoms with Crippen LogP contribution < -0.4 is 11.1 Å². The molecular formula is C27H33F2N3. The van der Waals surface area contributed by atoms with Crippen LogP contribution in [0.3, 0.4) is 0 Å². The molecule has 1 spiro atoms. The fourth-order valence-electron chi connectivity index (χ4n) is 5.24. The molecule has 0 aliphatic carbocycles. The predicted molar refractivity (Wildman–Crippen MR) is 129 cm³/mol. The number of hydrogen-bond acceptors (Lipinski definition) is 3. The standard InChI is InChI=1S/C27H33F2N3/c1-4-20-8-10-25-24(17-20)27(19(3)31-25)11-14-32(15-12-27)13-5-6-21-7-9-22(18(2)30)23(16-21)26(28)29/h7-10,16-17,26,31H,2-6,11-15,30H2,1H3. The Kier molecular flexibility index (Phi) is 6.38. The molecule has 2 heterocycles. The number of benzene rings is 2. The summed E-state index contributed by atoms with van der Waals surface area (Å²) in [6, 6.07) is 11.9. The zero-order chi connectivity index (χ0) is 22.9. The van der Waals surface area contributed by atoms with Crippen molar-refractivity contribution >= 4 is 11.4 Å². The van der Waals surface area contributed by atoms with Gasteiger partial charge in [-0.2, -0.15) is 0 Å². The molecule has 3 N–H and O–H groups in total. The number of piperidine rings is 1. The monoisotopic (exact) mass is 437 g/mol. The van der Waals surface area contributed by atoms with Crippen molar-refractivity contribution in [3.63, 3.8) is 0 Å². The van der Waals surface area contributed by atoms with Gasteiger partial charge in [0.15, 0.2) is 0 Å². The summed E-state index contributed by atoms with van der Waals surface area (Å²) in [5, 5.41) is 3.53. The molecule has 32 heavy (non-hydrogen) atoms. The van der Waals surface area contributed by atoms with Gasteiger partial charge in [-0.3, -0.25) is 0 Å². The number of likely N-dealkylation sites (tertiary alicyclic amines) is 1. The molecule has 2 aliphatic heterocycles. The van der Waals surface area contributed by atoms with Crippen LogP contribution in [-0.4, -0.2) is 24.5 Å². The first-order valence-corrected chi connectivity index (χ1v) is 11.5. The van der Waals surface area contributed by atoms with Gasteiger partial charge in [0.05, 0.1) is 0 Å². The SMILES string of the molecule is C=C(N)c1ccc(CCCN2CCC3(CC2)C(=C)Nc2ccc(CC)cc23)cc1C(F)F. The Morgan fingerprint density at radius 1 is 1.16 bits per heavy atom. The van der Waals surface area contributed by atoms with Crippen LogP contribution in [0.25, 0.3) is 5.70 Å². The first kappa shape index (κ1) is 22.5. The van der Waals surface area contributed by atoms with E-state index in [1.54, 1.807) is 12.1 Å². The van der Waals surface area contributed by atoms with Crippen LogP contribution in [0, 0.1) is 0 Å². The Labute approximate surface area is 190 Å². The van der Waals surface area contributed by atoms with Crippen molar-refractivity contribution in [2.45, 2.75) is 50.9 Å². The summed E-state index contributed by atoms with van der Waals surface area (Å²) < 4.78 is 26.8. The van der Waals surface area contributed by atoms with Gasteiger partial charge in [0.1, 0.15) is 0 Å². The molecule has 2 aromatic rings. The molecule has 5 heteroatoms. The Hall–Kier alpha value is -2.66. The lowest BCUT2D eigenvalue weighted by molar-refractivity contribution is 0.151. The molecule has 0 radical (unpaired) electrons. The molecular weight excluding hydrogens is 404 g/mol. The second-order valence-electron chi connectivity index (χ2n) is 9.11. The van der Waals surface area contributed by atoms with Gasteiger partial charge in [0, 0.05) is 33.6 Å². The molecule has 2 aromatic carbocycles. The Morgan fingerprint density at radius 2 is 1.88 bits per heavy atom. The highest BCUT2D eigenvalue weighted by atomic mass is 19.3. The van der Waals surface area contributed by atoms with E-state index in [1.807, 2.05) is 6.07 Å². The summed E-state index contributed by atoms with van der Waals surface area (Å²) in [5.41, 5.74) is 12.2. The third-order valence-corrected chi connectivity index (χ3v) is 7.22. The van der Waals surface area contributed by atoms with E-state index in [2.05, 4.69) is 48.5 Å². The van der Waals surface area contributed by atoms with Crippen molar-refractivity contribution in [2.24, 2.45) is 5.73 Å². The number of halogens is 2. The molecule has 1 fully saturated rings. The van der Waals surface area contributed by atoms with Crippen LogP contribution in [0.15, 0.2) is 55.3 Å². The molecule has 4 rings (SSSR count). The summed E-state index contributed by atoms with van der Waals surface area (Å²) in [4.78, 5) is 2.49. The summed E-state index contributed by atoms with van der Waals surface area (Å²) in [6.07, 6.45) is 2.32. The van der Waals surface area contributed by atoms with Gasteiger partial charge >= 0.3 is 0 Å². The molecule has 0 amide bonds. The maximum absolute atomic E-state index is 13.4. The molecule has 3 nitrogen and oxygen atoms in total. The topological polar surface area (TPSA) is 41.3 Å². The number of aryl methyl sites for hydroxylation is 2. The van der Waals surface area contributed by atoms with Gasteiger partial charge in [-0.15, -0.1) is 0 Å². The number of anilines is 1. The van der Waals surface area contributed by atoms with Crippen LogP contribution in [0.5, 0.6) is 0 Å². The smallest absolute Gasteiger partial charge is 0.264 e. The van der Waals surface area contributed by atoms with Gasteiger partial charge in [0.25, 0.3) is 6.43 Å². The zero-order valence-corrected chi connectivity index (χ0v) is 18.9. The Morgan fingerprint density at radius 3 is 2.53 bits per heavy atom. The van der Waals surface area contributed by atoms with Crippen LogP contribution in [-0.2, 0) is 18.3 Å². The third kappa shape index (κ3) is 4.18. The van der Waals surface area contributed by atoms with Crippen LogP contribution in [0.2, 0.25) is 0 Å². The predicted octanol–water partition coefficient (Wildman–Crippen LogP) is 6.02. The Bertz CT molecular complexity index is 1020. The van der Waals surface area contributed by atoms with Crippen molar-refractivity contribution in [3.05, 3.63) is 83.1 Å². The van der Waals surface area contributed by atoms with Gasteiger partial charge < -0.3 is 16.0 Å². The van der Waals surface area contributed by atoms with E-state index < -0.39 is 6.43 Å². The van der Waals surface area contributed by atoms with Crippen molar-refractivity contribution in [1.29, 1.82) is 0 Å². The minimum absolute atomic E-state index is 0.0210. The maximum atomic E-state index is 13.4. The first-order valence-electron chi connectivity index (χ1n) is 11.5. The molecule has 0 unspecified atom stereocenters. The summed E-state index contributed by atoms with van der Waals surface area (Å²) in [6.45, 7) is 13.2. The second-order valence-corrected chi connectivity index (χ2v) is 9.11. The number of fused-ring (bicyclic) bond motifs is 2. The van der Waals surface area contributed by atoms with E-state index in [9.17, 15) is 8.78 Å². The van der Waals surface area contributed by atoms with E-state index in [0.717, 1.165) is 63.0 Å². The minimum Gasteiger partial charge on any atom is -0.399 e. The number of hydrogen-bond donors (Lipinski definition) is 2. The number of rotatable bonds is 7. The maximum Gasteiger partial charge on any atom is 0.264 e. The number of alkyl halides is 2. The molecule has 0 saturated carbocycles. The molecule has 1 saturated heterocycles. The lowest BCUT2D eigenvalue weighted by Gasteiger charge is -2.40. The summed E-state index contributed by atoms with van der Waals surface area (Å²) in [5.74, 6) is 0. The fourth-order valence-corrected chi connectivity index (χ4v) is 5.24. The van der Waals surface area contributed by atoms with Crippen molar-refractivity contribution in [3.8, 4) is 0 Å². The van der Waals surface area contributed by atoms with Gasteiger partial charge in [-0.25, -0.2) is 8.78 Å². The lowest BCUT2D eigenvalue weighted by Crippen LogP contribution is -2.43. The zero-order valence-electron chi connectivity index (χ0n) is 18.9. The number of nitrogens with two attached hydrogens (primary N) is 1. The highest BCUT2D eigenvalue weighted by Gasteiger charge is 2.44. The number of allylic oxidation sites excluding steroid dienone is 1. The minimum atomic E-state index is -2.55. The van der Waals surface area contributed by atoms with Crippen molar-refractivity contribution < 1.29 is 8.78 Å². The number of nitrogens with one attached hydrogen (secondary N) is 1.